The van der Waals surface area contributed by atoms with Gasteiger partial charge >= 0.3 is 12.0 Å². The van der Waals surface area contributed by atoms with Crippen LogP contribution in [0.5, 0.6) is 5.75 Å². The number of rotatable bonds is 6. The van der Waals surface area contributed by atoms with Crippen LogP contribution in [-0.4, -0.2) is 34.5 Å². The molecule has 2 N–H and O–H groups in total. The highest BCUT2D eigenvalue weighted by Gasteiger charge is 2.33. The fourth-order valence-electron chi connectivity index (χ4n) is 2.59. The lowest BCUT2D eigenvalue weighted by Gasteiger charge is -2.11. The fourth-order valence-corrected chi connectivity index (χ4v) is 3.70. The minimum atomic E-state index is -1.14. The highest BCUT2D eigenvalue weighted by atomic mass is 79.9. The predicted octanol–water partition coefficient (Wildman–Crippen LogP) is 4.31. The molecule has 0 saturated carbocycles. The molecule has 2 aromatic rings. The van der Waals surface area contributed by atoms with Gasteiger partial charge in [-0.15, -0.1) is 0 Å². The molecule has 0 bridgehead atoms. The largest absolute Gasteiger partial charge is 0.479 e. The molecule has 1 heterocycles. The van der Waals surface area contributed by atoms with Crippen molar-refractivity contribution in [1.29, 1.82) is 0 Å². The maximum absolute atomic E-state index is 12.6. The van der Waals surface area contributed by atoms with Gasteiger partial charge in [-0.05, 0) is 57.4 Å². The number of amides is 3. The van der Waals surface area contributed by atoms with Gasteiger partial charge in [0.25, 0.3) is 5.91 Å². The quantitative estimate of drug-likeness (QED) is 0.456. The Morgan fingerprint density at radius 3 is 2.52 bits per heavy atom. The van der Waals surface area contributed by atoms with Crippen molar-refractivity contribution in [3.8, 4) is 5.75 Å². The lowest BCUT2D eigenvalue weighted by atomic mass is 10.1. The third-order valence-electron chi connectivity index (χ3n) is 3.89. The highest BCUT2D eigenvalue weighted by Crippen LogP contribution is 2.35. The van der Waals surface area contributed by atoms with Gasteiger partial charge in [0.1, 0.15) is 5.70 Å². The van der Waals surface area contributed by atoms with E-state index in [0.717, 1.165) is 10.5 Å². The number of nitrogens with one attached hydrogen (secondary N) is 1. The van der Waals surface area contributed by atoms with E-state index in [1.807, 2.05) is 0 Å². The second-order valence-electron chi connectivity index (χ2n) is 6.00. The first-order chi connectivity index (χ1) is 13.7. The molecule has 1 saturated heterocycles. The van der Waals surface area contributed by atoms with Crippen LogP contribution in [0.3, 0.4) is 0 Å². The number of halogens is 3. The first-order valence-corrected chi connectivity index (χ1v) is 9.72. The van der Waals surface area contributed by atoms with Crippen LogP contribution in [0.2, 0.25) is 10.0 Å². The summed E-state index contributed by atoms with van der Waals surface area (Å²) in [6, 6.07) is 9.38. The minimum Gasteiger partial charge on any atom is -0.479 e. The smallest absolute Gasteiger partial charge is 0.341 e. The maximum atomic E-state index is 12.6. The van der Waals surface area contributed by atoms with Gasteiger partial charge < -0.3 is 15.2 Å². The van der Waals surface area contributed by atoms with Gasteiger partial charge in [0.2, 0.25) is 0 Å². The van der Waals surface area contributed by atoms with E-state index < -0.39 is 24.5 Å². The van der Waals surface area contributed by atoms with Gasteiger partial charge in [0.05, 0.1) is 16.0 Å². The molecular formula is C19H13BrCl2N2O5. The number of aliphatic carboxylic acids is 1. The van der Waals surface area contributed by atoms with E-state index in [0.29, 0.717) is 15.1 Å². The third-order valence-corrected chi connectivity index (χ3v) is 5.01. The molecular weight excluding hydrogens is 487 g/mol. The molecule has 0 atom stereocenters. The Morgan fingerprint density at radius 1 is 1.21 bits per heavy atom. The first kappa shape index (κ1) is 21.2. The van der Waals surface area contributed by atoms with Crippen LogP contribution < -0.4 is 10.1 Å². The van der Waals surface area contributed by atoms with E-state index in [2.05, 4.69) is 21.2 Å². The molecule has 0 aliphatic carbocycles. The van der Waals surface area contributed by atoms with Crippen molar-refractivity contribution < 1.29 is 24.2 Å². The van der Waals surface area contributed by atoms with Gasteiger partial charge in [-0.1, -0.05) is 35.3 Å². The lowest BCUT2D eigenvalue weighted by molar-refractivity contribution is -0.139. The van der Waals surface area contributed by atoms with Crippen LogP contribution in [-0.2, 0) is 16.1 Å². The van der Waals surface area contributed by atoms with Crippen molar-refractivity contribution in [2.24, 2.45) is 0 Å². The van der Waals surface area contributed by atoms with Crippen molar-refractivity contribution in [1.82, 2.24) is 10.2 Å². The van der Waals surface area contributed by atoms with Crippen molar-refractivity contribution in [2.75, 3.05) is 6.61 Å². The number of carbonyl (C=O) groups excluding carboxylic acids is 2. The van der Waals surface area contributed by atoms with Gasteiger partial charge in [0.15, 0.2) is 12.4 Å². The molecule has 10 heteroatoms. The highest BCUT2D eigenvalue weighted by molar-refractivity contribution is 9.10. The second-order valence-corrected chi connectivity index (χ2v) is 7.70. The Bertz CT molecular complexity index is 1000. The molecule has 1 aliphatic rings. The van der Waals surface area contributed by atoms with Crippen molar-refractivity contribution in [2.45, 2.75) is 6.54 Å². The van der Waals surface area contributed by atoms with Gasteiger partial charge in [0, 0.05) is 5.02 Å². The molecule has 2 aromatic carbocycles. The standard InChI is InChI=1S/C19H13BrCl2N2O5/c20-13-5-11(6-14(22)17(13)29-9-16(25)26)7-15-18(27)24(19(28)23-15)8-10-1-3-12(21)4-2-10/h1-7H,8-9H2,(H,23,28)(H,25,26)/b15-7+. The number of ether oxygens (including phenoxy) is 1. The van der Waals surface area contributed by atoms with Crippen molar-refractivity contribution >= 4 is 63.1 Å². The molecule has 3 rings (SSSR count). The minimum absolute atomic E-state index is 0.0890. The number of carboxylic acids is 1. The topological polar surface area (TPSA) is 95.9 Å². The SMILES string of the molecule is O=C(O)COc1c(Cl)cc(/C=C2/NC(=O)N(Cc3ccc(Cl)cc3)C2=O)cc1Br. The molecule has 7 nitrogen and oxygen atoms in total. The zero-order valence-electron chi connectivity index (χ0n) is 14.6. The number of carboxylic acid groups (broad SMARTS) is 1. The summed E-state index contributed by atoms with van der Waals surface area (Å²) < 4.78 is 5.54. The predicted molar refractivity (Wildman–Crippen MR) is 111 cm³/mol. The number of benzene rings is 2. The van der Waals surface area contributed by atoms with Crippen LogP contribution in [0, 0.1) is 0 Å². The molecule has 150 valence electrons. The Hall–Kier alpha value is -2.55. The Morgan fingerprint density at radius 2 is 1.90 bits per heavy atom. The lowest BCUT2D eigenvalue weighted by Crippen LogP contribution is -2.30. The molecule has 0 aromatic heterocycles. The maximum Gasteiger partial charge on any atom is 0.341 e. The monoisotopic (exact) mass is 498 g/mol. The number of imide groups is 1. The van der Waals surface area contributed by atoms with E-state index >= 15 is 0 Å². The summed E-state index contributed by atoms with van der Waals surface area (Å²) >= 11 is 15.3. The number of urea groups is 1. The first-order valence-electron chi connectivity index (χ1n) is 8.17. The van der Waals surface area contributed by atoms with E-state index in [-0.39, 0.29) is 23.0 Å². The van der Waals surface area contributed by atoms with E-state index in [1.165, 1.54) is 12.1 Å². The summed E-state index contributed by atoms with van der Waals surface area (Å²) in [4.78, 5) is 36.6. The molecule has 1 fully saturated rings. The summed E-state index contributed by atoms with van der Waals surface area (Å²) in [5.41, 5.74) is 1.36. The third kappa shape index (κ3) is 5.09. The Kier molecular flexibility index (Phi) is 6.46. The molecule has 0 radical (unpaired) electrons. The van der Waals surface area contributed by atoms with Gasteiger partial charge in [-0.25, -0.2) is 9.59 Å². The number of hydrogen-bond donors (Lipinski definition) is 2. The average molecular weight is 500 g/mol. The van der Waals surface area contributed by atoms with E-state index in [9.17, 15) is 14.4 Å². The summed E-state index contributed by atoms with van der Waals surface area (Å²) in [5, 5.41) is 12.0. The van der Waals surface area contributed by atoms with Gasteiger partial charge in [-0.3, -0.25) is 9.69 Å². The summed E-state index contributed by atoms with van der Waals surface area (Å²) in [5.74, 6) is -1.45. The Balaban J connectivity index is 1.80. The number of carbonyl (C=O) groups is 3. The van der Waals surface area contributed by atoms with Crippen LogP contribution in [0.25, 0.3) is 6.08 Å². The zero-order chi connectivity index (χ0) is 21.1. The molecule has 1 aliphatic heterocycles. The fraction of sp³-hybridized carbons (Fsp3) is 0.105. The zero-order valence-corrected chi connectivity index (χ0v) is 17.7. The second kappa shape index (κ2) is 8.86. The normalized spacial score (nSPS) is 15.0. The number of hydrogen-bond acceptors (Lipinski definition) is 4. The van der Waals surface area contributed by atoms with Crippen molar-refractivity contribution in [3.63, 3.8) is 0 Å². The Labute approximate surface area is 184 Å². The summed E-state index contributed by atoms with van der Waals surface area (Å²) in [6.45, 7) is -0.446. The van der Waals surface area contributed by atoms with E-state index in [4.69, 9.17) is 33.0 Å². The average Bonchev–Trinajstić information content (AvgIpc) is 2.90. The van der Waals surface area contributed by atoms with Crippen LogP contribution in [0.1, 0.15) is 11.1 Å². The van der Waals surface area contributed by atoms with Gasteiger partial charge in [-0.2, -0.15) is 0 Å². The summed E-state index contributed by atoms with van der Waals surface area (Å²) in [7, 11) is 0. The molecule has 0 spiro atoms. The summed E-state index contributed by atoms with van der Waals surface area (Å²) in [6.07, 6.45) is 1.47. The van der Waals surface area contributed by atoms with E-state index in [1.54, 1.807) is 30.3 Å². The molecule has 0 unspecified atom stereocenters. The number of nitrogens with zero attached hydrogens (tertiary/aromatic N) is 1. The van der Waals surface area contributed by atoms with Crippen LogP contribution >= 0.6 is 39.1 Å². The van der Waals surface area contributed by atoms with Crippen molar-refractivity contribution in [3.05, 3.63) is 67.7 Å². The van der Waals surface area contributed by atoms with Crippen LogP contribution in [0.4, 0.5) is 4.79 Å². The molecule has 3 amide bonds. The van der Waals surface area contributed by atoms with Crippen LogP contribution in [0.15, 0.2) is 46.6 Å². The molecule has 29 heavy (non-hydrogen) atoms.